The molecule has 142 valence electrons. The lowest BCUT2D eigenvalue weighted by molar-refractivity contribution is -0.139. The molecule has 1 aliphatic rings. The molecule has 1 amide bonds. The number of carbonyl (C=O) groups excluding carboxylic acids is 1. The van der Waals surface area contributed by atoms with E-state index >= 15 is 0 Å². The fourth-order valence-electron chi connectivity index (χ4n) is 2.72. The van der Waals surface area contributed by atoms with E-state index in [2.05, 4.69) is 10.3 Å². The zero-order valence-electron chi connectivity index (χ0n) is 15.1. The number of pyridine rings is 1. The van der Waals surface area contributed by atoms with Crippen LogP contribution in [-0.4, -0.2) is 34.6 Å². The third kappa shape index (κ3) is 4.97. The molecule has 0 saturated heterocycles. The molecule has 1 aromatic carbocycles. The van der Waals surface area contributed by atoms with Gasteiger partial charge in [0.15, 0.2) is 11.5 Å². The lowest BCUT2D eigenvalue weighted by Gasteiger charge is -2.16. The van der Waals surface area contributed by atoms with Crippen molar-refractivity contribution in [2.24, 2.45) is 5.92 Å². The molecule has 1 aromatic heterocycles. The number of carbonyl (C=O) groups is 2. The third-order valence-corrected chi connectivity index (χ3v) is 4.27. The normalized spacial score (nSPS) is 14.3. The average Bonchev–Trinajstić information content (AvgIpc) is 3.50. The first kappa shape index (κ1) is 18.7. The van der Waals surface area contributed by atoms with Crippen LogP contribution >= 0.6 is 0 Å². The number of aliphatic carboxylic acids is 1. The maximum Gasteiger partial charge on any atom is 0.326 e. The van der Waals surface area contributed by atoms with E-state index in [-0.39, 0.29) is 5.92 Å². The Hall–Kier alpha value is -3.09. The van der Waals surface area contributed by atoms with E-state index in [0.717, 1.165) is 18.4 Å². The molecule has 27 heavy (non-hydrogen) atoms. The second-order valence-corrected chi connectivity index (χ2v) is 6.37. The summed E-state index contributed by atoms with van der Waals surface area (Å²) in [4.78, 5) is 27.8. The van der Waals surface area contributed by atoms with Gasteiger partial charge in [-0.15, -0.1) is 0 Å². The van der Waals surface area contributed by atoms with Crippen LogP contribution < -0.4 is 14.8 Å². The van der Waals surface area contributed by atoms with E-state index in [1.807, 2.05) is 19.1 Å². The van der Waals surface area contributed by atoms with Crippen LogP contribution in [-0.2, 0) is 11.4 Å². The molecule has 0 spiro atoms. The molecular formula is C20H22N2O5. The molecule has 1 unspecified atom stereocenters. The van der Waals surface area contributed by atoms with Gasteiger partial charge in [0.2, 0.25) is 0 Å². The van der Waals surface area contributed by atoms with Crippen LogP contribution in [0, 0.1) is 5.92 Å². The van der Waals surface area contributed by atoms with Gasteiger partial charge >= 0.3 is 5.97 Å². The molecule has 0 bridgehead atoms. The molecule has 2 N–H and O–H groups in total. The van der Waals surface area contributed by atoms with Crippen LogP contribution in [0.5, 0.6) is 11.5 Å². The van der Waals surface area contributed by atoms with Gasteiger partial charge in [0.25, 0.3) is 5.91 Å². The summed E-state index contributed by atoms with van der Waals surface area (Å²) in [6.07, 6.45) is 5.05. The van der Waals surface area contributed by atoms with Gasteiger partial charge < -0.3 is 19.9 Å². The van der Waals surface area contributed by atoms with Crippen LogP contribution in [0.2, 0.25) is 0 Å². The van der Waals surface area contributed by atoms with Gasteiger partial charge in [0.1, 0.15) is 12.6 Å². The average molecular weight is 370 g/mol. The van der Waals surface area contributed by atoms with Crippen molar-refractivity contribution in [1.82, 2.24) is 10.3 Å². The minimum Gasteiger partial charge on any atom is -0.490 e. The Bertz CT molecular complexity index is 805. The molecular weight excluding hydrogens is 348 g/mol. The Morgan fingerprint density at radius 3 is 2.70 bits per heavy atom. The summed E-state index contributed by atoms with van der Waals surface area (Å²) >= 11 is 0. The van der Waals surface area contributed by atoms with E-state index in [0.29, 0.717) is 30.3 Å². The van der Waals surface area contributed by atoms with Gasteiger partial charge in [-0.2, -0.15) is 0 Å². The highest BCUT2D eigenvalue weighted by Crippen LogP contribution is 2.33. The Morgan fingerprint density at radius 2 is 2.07 bits per heavy atom. The number of aromatic nitrogens is 1. The van der Waals surface area contributed by atoms with Gasteiger partial charge in [-0.05, 0) is 49.9 Å². The van der Waals surface area contributed by atoms with Crippen LogP contribution in [0.25, 0.3) is 0 Å². The molecule has 1 atom stereocenters. The van der Waals surface area contributed by atoms with E-state index in [9.17, 15) is 14.7 Å². The van der Waals surface area contributed by atoms with Gasteiger partial charge in [-0.25, -0.2) is 4.79 Å². The quantitative estimate of drug-likeness (QED) is 0.704. The first-order valence-corrected chi connectivity index (χ1v) is 8.90. The van der Waals surface area contributed by atoms with Crippen molar-refractivity contribution < 1.29 is 24.2 Å². The molecule has 0 aliphatic heterocycles. The largest absolute Gasteiger partial charge is 0.490 e. The highest BCUT2D eigenvalue weighted by Gasteiger charge is 2.37. The number of hydrogen-bond donors (Lipinski definition) is 2. The molecule has 0 radical (unpaired) electrons. The van der Waals surface area contributed by atoms with E-state index < -0.39 is 17.9 Å². The van der Waals surface area contributed by atoms with Crippen LogP contribution in [0.4, 0.5) is 0 Å². The van der Waals surface area contributed by atoms with Crippen molar-refractivity contribution in [3.05, 3.63) is 53.9 Å². The Labute approximate surface area is 157 Å². The van der Waals surface area contributed by atoms with Crippen molar-refractivity contribution in [2.45, 2.75) is 32.4 Å². The molecule has 1 heterocycles. The Balaban J connectivity index is 1.72. The first-order valence-electron chi connectivity index (χ1n) is 8.90. The zero-order valence-corrected chi connectivity index (χ0v) is 15.1. The number of ether oxygens (including phenoxy) is 2. The van der Waals surface area contributed by atoms with Gasteiger partial charge in [0.05, 0.1) is 6.61 Å². The summed E-state index contributed by atoms with van der Waals surface area (Å²) in [5, 5.41) is 11.9. The Kier molecular flexibility index (Phi) is 5.90. The standard InChI is InChI=1S/C20H22N2O5/c1-2-26-17-10-15(19(23)22-18(20(24)25)14-5-6-14)7-8-16(17)27-12-13-4-3-9-21-11-13/h3-4,7-11,14,18H,2,5-6,12H2,1H3,(H,22,23)(H,24,25). The van der Waals surface area contributed by atoms with Crippen LogP contribution in [0.3, 0.4) is 0 Å². The van der Waals surface area contributed by atoms with Gasteiger partial charge in [-0.3, -0.25) is 9.78 Å². The van der Waals surface area contributed by atoms with Crippen molar-refractivity contribution in [3.63, 3.8) is 0 Å². The summed E-state index contributed by atoms with van der Waals surface area (Å²) < 4.78 is 11.4. The predicted molar refractivity (Wildman–Crippen MR) is 97.8 cm³/mol. The minimum absolute atomic E-state index is 0.0138. The Morgan fingerprint density at radius 1 is 1.26 bits per heavy atom. The molecule has 1 aliphatic carbocycles. The molecule has 3 rings (SSSR count). The van der Waals surface area contributed by atoms with E-state index in [4.69, 9.17) is 9.47 Å². The smallest absolute Gasteiger partial charge is 0.326 e. The highest BCUT2D eigenvalue weighted by atomic mass is 16.5. The number of hydrogen-bond acceptors (Lipinski definition) is 5. The van der Waals surface area contributed by atoms with Gasteiger partial charge in [0, 0.05) is 23.5 Å². The second-order valence-electron chi connectivity index (χ2n) is 6.37. The number of carboxylic acid groups (broad SMARTS) is 1. The fraction of sp³-hybridized carbons (Fsp3) is 0.350. The zero-order chi connectivity index (χ0) is 19.2. The summed E-state index contributed by atoms with van der Waals surface area (Å²) in [7, 11) is 0. The monoisotopic (exact) mass is 370 g/mol. The van der Waals surface area contributed by atoms with Crippen LogP contribution in [0.15, 0.2) is 42.7 Å². The van der Waals surface area contributed by atoms with Crippen LogP contribution in [0.1, 0.15) is 35.7 Å². The van der Waals surface area contributed by atoms with Crippen molar-refractivity contribution in [2.75, 3.05) is 6.61 Å². The van der Waals surface area contributed by atoms with Crippen molar-refractivity contribution in [3.8, 4) is 11.5 Å². The topological polar surface area (TPSA) is 97.8 Å². The summed E-state index contributed by atoms with van der Waals surface area (Å²) in [5.41, 5.74) is 1.24. The second kappa shape index (κ2) is 8.53. The highest BCUT2D eigenvalue weighted by molar-refractivity contribution is 5.97. The molecule has 7 heteroatoms. The third-order valence-electron chi connectivity index (χ3n) is 4.27. The number of amides is 1. The van der Waals surface area contributed by atoms with E-state index in [1.54, 1.807) is 30.6 Å². The lowest BCUT2D eigenvalue weighted by atomic mass is 10.1. The lowest BCUT2D eigenvalue weighted by Crippen LogP contribution is -2.42. The predicted octanol–water partition coefficient (Wildman–Crippen LogP) is 2.65. The van der Waals surface area contributed by atoms with E-state index in [1.165, 1.54) is 0 Å². The van der Waals surface area contributed by atoms with Gasteiger partial charge in [-0.1, -0.05) is 6.07 Å². The molecule has 1 fully saturated rings. The maximum atomic E-state index is 12.5. The maximum absolute atomic E-state index is 12.5. The van der Waals surface area contributed by atoms with Crippen molar-refractivity contribution >= 4 is 11.9 Å². The number of rotatable bonds is 9. The number of nitrogens with one attached hydrogen (secondary N) is 1. The first-order chi connectivity index (χ1) is 13.1. The fourth-order valence-corrected chi connectivity index (χ4v) is 2.72. The summed E-state index contributed by atoms with van der Waals surface area (Å²) in [5.74, 6) is -0.483. The van der Waals surface area contributed by atoms with Crippen molar-refractivity contribution in [1.29, 1.82) is 0 Å². The molecule has 1 saturated carbocycles. The molecule has 7 nitrogen and oxygen atoms in total. The SMILES string of the molecule is CCOc1cc(C(=O)NC(C(=O)O)C2CC2)ccc1OCc1cccnc1. The summed E-state index contributed by atoms with van der Waals surface area (Å²) in [6, 6.07) is 7.71. The number of carboxylic acids is 1. The molecule has 2 aromatic rings. The minimum atomic E-state index is -1.01. The number of benzene rings is 1. The number of nitrogens with zero attached hydrogens (tertiary/aromatic N) is 1. The summed E-state index contributed by atoms with van der Waals surface area (Å²) in [6.45, 7) is 2.57.